The summed E-state index contributed by atoms with van der Waals surface area (Å²) in [7, 11) is 0. The Bertz CT molecular complexity index is 729. The fraction of sp³-hybridized carbons (Fsp3) is 0.0714. The van der Waals surface area contributed by atoms with Crippen LogP contribution in [0.25, 0.3) is 0 Å². The van der Waals surface area contributed by atoms with Crippen LogP contribution < -0.4 is 4.74 Å². The Morgan fingerprint density at radius 1 is 1.24 bits per heavy atom. The van der Waals surface area contributed by atoms with E-state index >= 15 is 0 Å². The molecule has 0 fully saturated rings. The quantitative estimate of drug-likeness (QED) is 0.687. The maximum atomic E-state index is 13.1. The first-order valence-electron chi connectivity index (χ1n) is 5.84. The molecule has 21 heavy (non-hydrogen) atoms. The molecule has 0 radical (unpaired) electrons. The van der Waals surface area contributed by atoms with Crippen molar-refractivity contribution in [2.75, 3.05) is 0 Å². The minimum atomic E-state index is -1.23. The molecule has 0 spiro atoms. The van der Waals surface area contributed by atoms with Crippen LogP contribution in [0.15, 0.2) is 36.4 Å². The van der Waals surface area contributed by atoms with Crippen LogP contribution in [0.1, 0.15) is 15.9 Å². The first-order valence-corrected chi connectivity index (χ1v) is 5.84. The highest BCUT2D eigenvalue weighted by atomic mass is 19.1. The Labute approximate surface area is 118 Å². The molecule has 0 bridgehead atoms. The van der Waals surface area contributed by atoms with Gasteiger partial charge in [0.05, 0.1) is 11.0 Å². The van der Waals surface area contributed by atoms with Crippen LogP contribution in [0.4, 0.5) is 10.1 Å². The van der Waals surface area contributed by atoms with Gasteiger partial charge in [0, 0.05) is 0 Å². The van der Waals surface area contributed by atoms with E-state index < -0.39 is 22.4 Å². The van der Waals surface area contributed by atoms with Gasteiger partial charge in [-0.1, -0.05) is 6.07 Å². The molecule has 0 aliphatic heterocycles. The number of rotatable bonds is 4. The Balaban J connectivity index is 2.50. The SMILES string of the molecule is Cc1ccc(C(=O)O)c(Oc2ccc(F)cc2[N+](=O)[O-])c1. The first-order chi connectivity index (χ1) is 9.88. The lowest BCUT2D eigenvalue weighted by Crippen LogP contribution is -2.01. The van der Waals surface area contributed by atoms with Gasteiger partial charge in [0.25, 0.3) is 0 Å². The molecule has 0 atom stereocenters. The van der Waals surface area contributed by atoms with E-state index in [0.29, 0.717) is 6.07 Å². The summed E-state index contributed by atoms with van der Waals surface area (Å²) in [4.78, 5) is 21.2. The van der Waals surface area contributed by atoms with Crippen molar-refractivity contribution in [3.05, 3.63) is 63.5 Å². The van der Waals surface area contributed by atoms with Crippen molar-refractivity contribution in [3.8, 4) is 11.5 Å². The van der Waals surface area contributed by atoms with Crippen LogP contribution in [0.5, 0.6) is 11.5 Å². The number of carbonyl (C=O) groups is 1. The summed E-state index contributed by atoms with van der Waals surface area (Å²) >= 11 is 0. The molecule has 0 unspecified atom stereocenters. The number of aromatic carboxylic acids is 1. The van der Waals surface area contributed by atoms with Crippen molar-refractivity contribution < 1.29 is 24.0 Å². The van der Waals surface area contributed by atoms with E-state index in [1.54, 1.807) is 13.0 Å². The monoisotopic (exact) mass is 291 g/mol. The van der Waals surface area contributed by atoms with Crippen molar-refractivity contribution >= 4 is 11.7 Å². The third-order valence-corrected chi connectivity index (χ3v) is 2.71. The summed E-state index contributed by atoms with van der Waals surface area (Å²) in [6.45, 7) is 1.72. The molecule has 2 aromatic carbocycles. The summed E-state index contributed by atoms with van der Waals surface area (Å²) in [6, 6.07) is 7.15. The number of ether oxygens (including phenoxy) is 1. The van der Waals surface area contributed by atoms with Gasteiger partial charge >= 0.3 is 11.7 Å². The number of nitro benzene ring substituents is 1. The Morgan fingerprint density at radius 3 is 2.57 bits per heavy atom. The number of hydrogen-bond acceptors (Lipinski definition) is 4. The number of hydrogen-bond donors (Lipinski definition) is 1. The van der Waals surface area contributed by atoms with Crippen molar-refractivity contribution in [2.45, 2.75) is 6.92 Å². The van der Waals surface area contributed by atoms with Gasteiger partial charge in [-0.2, -0.15) is 0 Å². The zero-order valence-electron chi connectivity index (χ0n) is 10.9. The van der Waals surface area contributed by atoms with Crippen LogP contribution in [-0.4, -0.2) is 16.0 Å². The summed E-state index contributed by atoms with van der Waals surface area (Å²) in [5.74, 6) is -2.28. The summed E-state index contributed by atoms with van der Waals surface area (Å²) in [5.41, 5.74) is 0.00633. The predicted octanol–water partition coefficient (Wildman–Crippen LogP) is 3.53. The molecule has 2 aromatic rings. The summed E-state index contributed by atoms with van der Waals surface area (Å²) in [5, 5.41) is 20.0. The van der Waals surface area contributed by atoms with Crippen molar-refractivity contribution in [1.82, 2.24) is 0 Å². The molecule has 108 valence electrons. The topological polar surface area (TPSA) is 89.7 Å². The van der Waals surface area contributed by atoms with Gasteiger partial charge in [-0.15, -0.1) is 0 Å². The molecule has 0 aliphatic rings. The lowest BCUT2D eigenvalue weighted by Gasteiger charge is -2.10. The molecule has 0 saturated heterocycles. The molecule has 0 heterocycles. The zero-order chi connectivity index (χ0) is 15.6. The van der Waals surface area contributed by atoms with E-state index in [1.165, 1.54) is 12.1 Å². The second-order valence-electron chi connectivity index (χ2n) is 4.28. The zero-order valence-corrected chi connectivity index (χ0v) is 10.9. The average molecular weight is 291 g/mol. The standard InChI is InChI=1S/C14H10FNO5/c1-8-2-4-10(14(17)18)13(6-8)21-12-5-3-9(15)7-11(12)16(19)20/h2-7H,1H3,(H,17,18). The Hall–Kier alpha value is -2.96. The number of aryl methyl sites for hydroxylation is 1. The third kappa shape index (κ3) is 3.14. The van der Waals surface area contributed by atoms with Gasteiger partial charge < -0.3 is 9.84 Å². The van der Waals surface area contributed by atoms with Gasteiger partial charge in [-0.05, 0) is 36.8 Å². The highest BCUT2D eigenvalue weighted by Gasteiger charge is 2.19. The van der Waals surface area contributed by atoms with Crippen LogP contribution in [0, 0.1) is 22.9 Å². The number of nitro groups is 1. The lowest BCUT2D eigenvalue weighted by atomic mass is 10.1. The number of carboxylic acid groups (broad SMARTS) is 1. The fourth-order valence-electron chi connectivity index (χ4n) is 1.73. The second-order valence-corrected chi connectivity index (χ2v) is 4.28. The molecule has 0 saturated carbocycles. The van der Waals surface area contributed by atoms with Crippen LogP contribution in [0.2, 0.25) is 0 Å². The Kier molecular flexibility index (Phi) is 3.84. The molecule has 7 heteroatoms. The number of benzene rings is 2. The van der Waals surface area contributed by atoms with E-state index in [1.807, 2.05) is 0 Å². The lowest BCUT2D eigenvalue weighted by molar-refractivity contribution is -0.385. The van der Waals surface area contributed by atoms with E-state index in [2.05, 4.69) is 0 Å². The smallest absolute Gasteiger partial charge is 0.339 e. The Morgan fingerprint density at radius 2 is 1.95 bits per heavy atom. The molecule has 1 N–H and O–H groups in total. The number of halogens is 1. The van der Waals surface area contributed by atoms with Gasteiger partial charge in [-0.3, -0.25) is 10.1 Å². The van der Waals surface area contributed by atoms with E-state index in [9.17, 15) is 19.3 Å². The molecular weight excluding hydrogens is 281 g/mol. The van der Waals surface area contributed by atoms with Crippen LogP contribution in [-0.2, 0) is 0 Å². The number of carboxylic acids is 1. The predicted molar refractivity (Wildman–Crippen MR) is 71.3 cm³/mol. The molecule has 0 amide bonds. The van der Waals surface area contributed by atoms with E-state index in [4.69, 9.17) is 9.84 Å². The maximum Gasteiger partial charge on any atom is 0.339 e. The average Bonchev–Trinajstić information content (AvgIpc) is 2.40. The first kappa shape index (κ1) is 14.4. The van der Waals surface area contributed by atoms with Gasteiger partial charge in [0.15, 0.2) is 0 Å². The highest BCUT2D eigenvalue weighted by molar-refractivity contribution is 5.91. The maximum absolute atomic E-state index is 13.1. The minimum Gasteiger partial charge on any atom is -0.478 e. The largest absolute Gasteiger partial charge is 0.478 e. The number of nitrogens with zero attached hydrogens (tertiary/aromatic N) is 1. The molecule has 6 nitrogen and oxygen atoms in total. The highest BCUT2D eigenvalue weighted by Crippen LogP contribution is 2.33. The van der Waals surface area contributed by atoms with Crippen molar-refractivity contribution in [2.24, 2.45) is 0 Å². The van der Waals surface area contributed by atoms with Gasteiger partial charge in [0.1, 0.15) is 17.1 Å². The molecule has 2 rings (SSSR count). The molecule has 0 aromatic heterocycles. The second kappa shape index (κ2) is 5.58. The third-order valence-electron chi connectivity index (χ3n) is 2.71. The molecular formula is C14H10FNO5. The van der Waals surface area contributed by atoms with Crippen LogP contribution >= 0.6 is 0 Å². The fourth-order valence-corrected chi connectivity index (χ4v) is 1.73. The molecule has 0 aliphatic carbocycles. The summed E-state index contributed by atoms with van der Waals surface area (Å²) < 4.78 is 18.4. The normalized spacial score (nSPS) is 10.2. The van der Waals surface area contributed by atoms with E-state index in [-0.39, 0.29) is 17.1 Å². The van der Waals surface area contributed by atoms with Crippen LogP contribution in [0.3, 0.4) is 0 Å². The minimum absolute atomic E-state index is 0.0443. The van der Waals surface area contributed by atoms with Crippen molar-refractivity contribution in [1.29, 1.82) is 0 Å². The van der Waals surface area contributed by atoms with Gasteiger partial charge in [0.2, 0.25) is 5.75 Å². The van der Waals surface area contributed by atoms with Gasteiger partial charge in [-0.25, -0.2) is 9.18 Å². The summed E-state index contributed by atoms with van der Waals surface area (Å²) in [6.07, 6.45) is 0. The van der Waals surface area contributed by atoms with E-state index in [0.717, 1.165) is 17.7 Å². The van der Waals surface area contributed by atoms with Crippen molar-refractivity contribution in [3.63, 3.8) is 0 Å².